The van der Waals surface area contributed by atoms with Crippen LogP contribution in [0, 0.1) is 17.2 Å². The van der Waals surface area contributed by atoms with Gasteiger partial charge in [0.15, 0.2) is 0 Å². The van der Waals surface area contributed by atoms with E-state index in [1.54, 1.807) is 12.1 Å². The predicted molar refractivity (Wildman–Crippen MR) is 96.8 cm³/mol. The summed E-state index contributed by atoms with van der Waals surface area (Å²) in [7, 11) is 0. The topological polar surface area (TPSA) is 115 Å². The lowest BCUT2D eigenvalue weighted by Crippen LogP contribution is -2.54. The average molecular weight is 418 g/mol. The number of aromatic nitrogens is 1. The second-order valence-electron chi connectivity index (χ2n) is 6.79. The molecule has 1 aromatic heterocycles. The molecule has 1 saturated heterocycles. The third kappa shape index (κ3) is 3.93. The Bertz CT molecular complexity index is 804. The minimum atomic E-state index is -4.91. The number of pyridine rings is 1. The molecule has 0 radical (unpaired) electrons. The van der Waals surface area contributed by atoms with Gasteiger partial charge in [-0.2, -0.15) is 13.2 Å². The van der Waals surface area contributed by atoms with Gasteiger partial charge in [-0.3, -0.25) is 4.79 Å². The van der Waals surface area contributed by atoms with Gasteiger partial charge >= 0.3 is 6.18 Å². The third-order valence-corrected chi connectivity index (χ3v) is 5.25. The number of amides is 1. The molecule has 0 saturated carbocycles. The number of hydrogen-bond acceptors (Lipinski definition) is 6. The van der Waals surface area contributed by atoms with Crippen molar-refractivity contribution in [1.29, 1.82) is 5.41 Å². The van der Waals surface area contributed by atoms with Crippen LogP contribution in [0.15, 0.2) is 29.7 Å². The van der Waals surface area contributed by atoms with Gasteiger partial charge in [0.2, 0.25) is 0 Å². The molecule has 28 heavy (non-hydrogen) atoms. The van der Waals surface area contributed by atoms with Crippen LogP contribution in [0.4, 0.5) is 19.0 Å². The second-order valence-corrected chi connectivity index (χ2v) is 7.23. The third-order valence-electron chi connectivity index (χ3n) is 5.03. The molecule has 152 valence electrons. The van der Waals surface area contributed by atoms with Crippen molar-refractivity contribution in [3.05, 3.63) is 34.7 Å². The predicted octanol–water partition coefficient (Wildman–Crippen LogP) is 1.81. The lowest BCUT2D eigenvalue weighted by Gasteiger charge is -2.37. The zero-order valence-corrected chi connectivity index (χ0v) is 15.4. The van der Waals surface area contributed by atoms with E-state index >= 15 is 0 Å². The maximum absolute atomic E-state index is 13.5. The summed E-state index contributed by atoms with van der Waals surface area (Å²) in [4.78, 5) is 17.7. The Morgan fingerprint density at radius 2 is 2.00 bits per heavy atom. The van der Waals surface area contributed by atoms with Gasteiger partial charge in [0, 0.05) is 36.5 Å². The zero-order chi connectivity index (χ0) is 20.6. The van der Waals surface area contributed by atoms with Crippen molar-refractivity contribution in [1.82, 2.24) is 10.3 Å². The Kier molecular flexibility index (Phi) is 5.53. The Balaban J connectivity index is 1.77. The van der Waals surface area contributed by atoms with E-state index in [-0.39, 0.29) is 5.71 Å². The summed E-state index contributed by atoms with van der Waals surface area (Å²) in [6.45, 7) is 0.973. The van der Waals surface area contributed by atoms with Crippen molar-refractivity contribution in [2.45, 2.75) is 25.1 Å². The van der Waals surface area contributed by atoms with Crippen LogP contribution in [0.3, 0.4) is 0 Å². The molecule has 3 rings (SSSR count). The summed E-state index contributed by atoms with van der Waals surface area (Å²) in [5.41, 5.74) is 4.77. The fourth-order valence-electron chi connectivity index (χ4n) is 3.58. The molecule has 1 aromatic rings. The van der Waals surface area contributed by atoms with E-state index in [1.165, 1.54) is 6.20 Å². The molecule has 0 bridgehead atoms. The number of anilines is 1. The second kappa shape index (κ2) is 7.59. The van der Waals surface area contributed by atoms with Crippen LogP contribution in [-0.4, -0.2) is 47.1 Å². The maximum Gasteiger partial charge on any atom is 0.398 e. The SMILES string of the molecule is N=C(C1=C(N)NC(=O)[C@H](O)C1C(F)(F)F)C1CCN(c2ccc(Cl)cn2)CC1. The highest BCUT2D eigenvalue weighted by molar-refractivity contribution is 6.30. The molecule has 2 aliphatic heterocycles. The summed E-state index contributed by atoms with van der Waals surface area (Å²) in [6.07, 6.45) is -4.90. The number of aliphatic hydroxyl groups excluding tert-OH is 1. The molecule has 7 nitrogen and oxygen atoms in total. The van der Waals surface area contributed by atoms with Gasteiger partial charge in [-0.15, -0.1) is 0 Å². The molecule has 1 amide bonds. The van der Waals surface area contributed by atoms with Crippen LogP contribution in [-0.2, 0) is 4.79 Å². The smallest absolute Gasteiger partial charge is 0.385 e. The Labute approximate surface area is 163 Å². The summed E-state index contributed by atoms with van der Waals surface area (Å²) in [5, 5.41) is 20.6. The molecule has 0 aromatic carbocycles. The number of piperidine rings is 1. The van der Waals surface area contributed by atoms with Crippen molar-refractivity contribution in [2.75, 3.05) is 18.0 Å². The minimum Gasteiger partial charge on any atom is -0.385 e. The maximum atomic E-state index is 13.5. The Morgan fingerprint density at radius 1 is 1.36 bits per heavy atom. The monoisotopic (exact) mass is 417 g/mol. The van der Waals surface area contributed by atoms with Crippen molar-refractivity contribution in [3.8, 4) is 0 Å². The average Bonchev–Trinajstić information content (AvgIpc) is 2.64. The number of nitrogens with two attached hydrogens (primary N) is 1. The van der Waals surface area contributed by atoms with Gasteiger partial charge in [0.25, 0.3) is 5.91 Å². The molecule has 0 aliphatic carbocycles. The lowest BCUT2D eigenvalue weighted by atomic mass is 9.79. The van der Waals surface area contributed by atoms with E-state index in [1.807, 2.05) is 10.2 Å². The lowest BCUT2D eigenvalue weighted by molar-refractivity contribution is -0.192. The van der Waals surface area contributed by atoms with Crippen LogP contribution in [0.1, 0.15) is 12.8 Å². The van der Waals surface area contributed by atoms with Gasteiger partial charge in [-0.1, -0.05) is 11.6 Å². The number of nitrogens with one attached hydrogen (secondary N) is 2. The van der Waals surface area contributed by atoms with Gasteiger partial charge in [-0.05, 0) is 25.0 Å². The van der Waals surface area contributed by atoms with E-state index < -0.39 is 41.4 Å². The number of hydrogen-bond donors (Lipinski definition) is 4. The standard InChI is InChI=1S/C17H19ClF3N5O2/c18-9-1-2-10(24-7-9)26-5-3-8(4-6-26)13(22)11-12(17(19,20)21)14(27)16(28)25-15(11)23/h1-2,7-8,12,14,22,27H,3-6,23H2,(H,25,28)/t12?,14-/m1/s1. The Morgan fingerprint density at radius 3 is 2.54 bits per heavy atom. The first-order valence-corrected chi connectivity index (χ1v) is 8.98. The van der Waals surface area contributed by atoms with Crippen molar-refractivity contribution < 1.29 is 23.1 Å². The van der Waals surface area contributed by atoms with Gasteiger partial charge < -0.3 is 26.5 Å². The van der Waals surface area contributed by atoms with Gasteiger partial charge in [0.05, 0.1) is 5.02 Å². The van der Waals surface area contributed by atoms with Crippen LogP contribution in [0.25, 0.3) is 0 Å². The fraction of sp³-hybridized carbons (Fsp3) is 0.471. The highest BCUT2D eigenvalue weighted by Gasteiger charge is 2.53. The molecular formula is C17H19ClF3N5O2. The van der Waals surface area contributed by atoms with E-state index in [2.05, 4.69) is 4.98 Å². The van der Waals surface area contributed by atoms with Crippen LogP contribution in [0.2, 0.25) is 5.02 Å². The first kappa shape index (κ1) is 20.4. The Hall–Kier alpha value is -2.33. The van der Waals surface area contributed by atoms with Gasteiger partial charge in [-0.25, -0.2) is 4.98 Å². The zero-order valence-electron chi connectivity index (χ0n) is 14.6. The summed E-state index contributed by atoms with van der Waals surface area (Å²) < 4.78 is 40.4. The molecule has 1 unspecified atom stereocenters. The first-order valence-electron chi connectivity index (χ1n) is 8.60. The highest BCUT2D eigenvalue weighted by atomic mass is 35.5. The number of carbonyl (C=O) groups excluding carboxylic acids is 1. The van der Waals surface area contributed by atoms with Crippen molar-refractivity contribution in [2.24, 2.45) is 17.6 Å². The van der Waals surface area contributed by atoms with E-state index in [4.69, 9.17) is 22.7 Å². The summed E-state index contributed by atoms with van der Waals surface area (Å²) in [6, 6.07) is 3.45. The largest absolute Gasteiger partial charge is 0.398 e. The van der Waals surface area contributed by atoms with Crippen molar-refractivity contribution in [3.63, 3.8) is 0 Å². The van der Waals surface area contributed by atoms with Crippen LogP contribution < -0.4 is 16.0 Å². The highest BCUT2D eigenvalue weighted by Crippen LogP contribution is 2.39. The van der Waals surface area contributed by atoms with E-state index in [0.717, 1.165) is 0 Å². The quantitative estimate of drug-likeness (QED) is 0.560. The van der Waals surface area contributed by atoms with Crippen LogP contribution in [0.5, 0.6) is 0 Å². The van der Waals surface area contributed by atoms with Crippen LogP contribution >= 0.6 is 11.6 Å². The number of aliphatic hydroxyl groups is 1. The van der Waals surface area contributed by atoms with E-state index in [0.29, 0.717) is 36.8 Å². The summed E-state index contributed by atoms with van der Waals surface area (Å²) in [5.74, 6) is -4.04. The first-order chi connectivity index (χ1) is 13.1. The molecule has 2 atom stereocenters. The number of alkyl halides is 3. The summed E-state index contributed by atoms with van der Waals surface area (Å²) >= 11 is 5.82. The minimum absolute atomic E-state index is 0.303. The molecular weight excluding hydrogens is 399 g/mol. The normalized spacial score (nSPS) is 24.3. The molecule has 5 N–H and O–H groups in total. The van der Waals surface area contributed by atoms with Gasteiger partial charge in [0.1, 0.15) is 23.7 Å². The number of rotatable bonds is 3. The molecule has 11 heteroatoms. The number of carbonyl (C=O) groups is 1. The van der Waals surface area contributed by atoms with E-state index in [9.17, 15) is 23.1 Å². The molecule has 3 heterocycles. The number of nitrogens with zero attached hydrogens (tertiary/aromatic N) is 2. The molecule has 1 fully saturated rings. The fourth-order valence-corrected chi connectivity index (χ4v) is 3.69. The van der Waals surface area contributed by atoms with Crippen molar-refractivity contribution >= 4 is 29.0 Å². The number of halogens is 4. The molecule has 2 aliphatic rings. The molecule has 0 spiro atoms.